The molecule has 2 fully saturated rings. The van der Waals surface area contributed by atoms with Gasteiger partial charge in [0.25, 0.3) is 0 Å². The maximum absolute atomic E-state index is 13.1. The highest BCUT2D eigenvalue weighted by Crippen LogP contribution is 2.37. The van der Waals surface area contributed by atoms with E-state index in [9.17, 15) is 23.1 Å². The number of hydrogen-bond acceptors (Lipinski definition) is 3. The molecular formula is C14H23F3N2O3. The van der Waals surface area contributed by atoms with Crippen LogP contribution in [0.15, 0.2) is 0 Å². The molecule has 128 valence electrons. The molecule has 2 N–H and O–H groups in total. The molecule has 2 aliphatic rings. The number of urea groups is 1. The molecule has 8 heteroatoms. The highest BCUT2D eigenvalue weighted by Gasteiger charge is 2.53. The summed E-state index contributed by atoms with van der Waals surface area (Å²) in [7, 11) is 1.17. The smallest absolute Gasteiger partial charge is 0.393 e. The number of aliphatic hydroxyl groups is 1. The van der Waals surface area contributed by atoms with Crippen LogP contribution in [0.1, 0.15) is 26.2 Å². The summed E-state index contributed by atoms with van der Waals surface area (Å²) in [5, 5.41) is 11.7. The molecule has 1 saturated heterocycles. The van der Waals surface area contributed by atoms with Crippen molar-refractivity contribution >= 4 is 6.03 Å². The fraction of sp³-hybridized carbons (Fsp3) is 0.929. The van der Waals surface area contributed by atoms with Crippen molar-refractivity contribution in [3.63, 3.8) is 0 Å². The molecule has 0 spiro atoms. The van der Waals surface area contributed by atoms with Crippen molar-refractivity contribution in [2.45, 2.75) is 44.0 Å². The highest BCUT2D eigenvalue weighted by atomic mass is 19.4. The van der Waals surface area contributed by atoms with Gasteiger partial charge in [-0.2, -0.15) is 13.2 Å². The van der Waals surface area contributed by atoms with E-state index in [1.165, 1.54) is 12.0 Å². The molecule has 22 heavy (non-hydrogen) atoms. The number of nitrogens with one attached hydrogen (secondary N) is 1. The van der Waals surface area contributed by atoms with Gasteiger partial charge in [0, 0.05) is 20.2 Å². The molecule has 0 aromatic heterocycles. The number of carbonyl (C=O) groups excluding carboxylic acids is 1. The average Bonchev–Trinajstić information content (AvgIpc) is 2.80. The first kappa shape index (κ1) is 17.3. The molecule has 1 saturated carbocycles. The number of rotatable bonds is 3. The fourth-order valence-electron chi connectivity index (χ4n) is 3.36. The van der Waals surface area contributed by atoms with E-state index < -0.39 is 24.4 Å². The summed E-state index contributed by atoms with van der Waals surface area (Å²) in [6.07, 6.45) is -2.84. The monoisotopic (exact) mass is 324 g/mol. The van der Waals surface area contributed by atoms with Gasteiger partial charge < -0.3 is 20.1 Å². The standard InChI is InChI=1S/C14H23F3N2O3/c1-13(8-22-2,14(15,16)17)18-12(21)19-6-9-3-4-11(20)5-10(9)7-19/h9-11,20H,3-8H2,1-2H3,(H,18,21)/t9-,10+,11-,13?/m0/s1. The first-order valence-electron chi connectivity index (χ1n) is 7.47. The van der Waals surface area contributed by atoms with E-state index in [4.69, 9.17) is 0 Å². The number of ether oxygens (including phenoxy) is 1. The fourth-order valence-corrected chi connectivity index (χ4v) is 3.36. The van der Waals surface area contributed by atoms with Crippen molar-refractivity contribution < 1.29 is 27.8 Å². The van der Waals surface area contributed by atoms with Crippen molar-refractivity contribution in [3.8, 4) is 0 Å². The van der Waals surface area contributed by atoms with Gasteiger partial charge in [0.15, 0.2) is 5.54 Å². The maximum atomic E-state index is 13.1. The van der Waals surface area contributed by atoms with Gasteiger partial charge in [-0.1, -0.05) is 0 Å². The van der Waals surface area contributed by atoms with Crippen molar-refractivity contribution in [3.05, 3.63) is 0 Å². The van der Waals surface area contributed by atoms with Crippen LogP contribution in [0.5, 0.6) is 0 Å². The van der Waals surface area contributed by atoms with Crippen LogP contribution in [0.3, 0.4) is 0 Å². The Balaban J connectivity index is 2.00. The Morgan fingerprint density at radius 3 is 2.55 bits per heavy atom. The van der Waals surface area contributed by atoms with E-state index in [-0.39, 0.29) is 17.9 Å². The number of hydrogen-bond donors (Lipinski definition) is 2. The summed E-state index contributed by atoms with van der Waals surface area (Å²) in [4.78, 5) is 13.6. The molecule has 0 aromatic rings. The number of methoxy groups -OCH3 is 1. The third kappa shape index (κ3) is 3.48. The van der Waals surface area contributed by atoms with Crippen LogP contribution < -0.4 is 5.32 Å². The molecule has 1 aliphatic heterocycles. The zero-order chi connectivity index (χ0) is 16.5. The number of alkyl halides is 3. The number of aliphatic hydroxyl groups excluding tert-OH is 1. The van der Waals surface area contributed by atoms with E-state index in [1.54, 1.807) is 0 Å². The molecule has 0 bridgehead atoms. The molecule has 1 unspecified atom stereocenters. The lowest BCUT2D eigenvalue weighted by Gasteiger charge is -2.33. The Bertz CT molecular complexity index is 419. The first-order valence-corrected chi connectivity index (χ1v) is 7.47. The Hall–Kier alpha value is -1.02. The topological polar surface area (TPSA) is 61.8 Å². The molecular weight excluding hydrogens is 301 g/mol. The van der Waals surface area contributed by atoms with Crippen LogP contribution in [-0.4, -0.2) is 60.7 Å². The van der Waals surface area contributed by atoms with E-state index >= 15 is 0 Å². The molecule has 2 rings (SSSR count). The minimum absolute atomic E-state index is 0.175. The van der Waals surface area contributed by atoms with Crippen LogP contribution in [0, 0.1) is 11.8 Å². The summed E-state index contributed by atoms with van der Waals surface area (Å²) in [5.74, 6) is 0.447. The molecule has 0 radical (unpaired) electrons. The third-order valence-corrected chi connectivity index (χ3v) is 4.75. The summed E-state index contributed by atoms with van der Waals surface area (Å²) < 4.78 is 44.0. The van der Waals surface area contributed by atoms with Crippen LogP contribution in [0.4, 0.5) is 18.0 Å². The second kappa shape index (κ2) is 6.23. The van der Waals surface area contributed by atoms with E-state index in [1.807, 2.05) is 0 Å². The molecule has 1 aliphatic carbocycles. The number of halogens is 3. The van der Waals surface area contributed by atoms with Crippen LogP contribution in [-0.2, 0) is 4.74 Å². The predicted molar refractivity (Wildman–Crippen MR) is 73.3 cm³/mol. The molecule has 5 nitrogen and oxygen atoms in total. The number of nitrogens with zero attached hydrogens (tertiary/aromatic N) is 1. The molecule has 0 aromatic carbocycles. The zero-order valence-corrected chi connectivity index (χ0v) is 12.8. The third-order valence-electron chi connectivity index (χ3n) is 4.75. The minimum Gasteiger partial charge on any atom is -0.393 e. The summed E-state index contributed by atoms with van der Waals surface area (Å²) >= 11 is 0. The quantitative estimate of drug-likeness (QED) is 0.831. The normalized spacial score (nSPS) is 31.5. The second-order valence-corrected chi connectivity index (χ2v) is 6.59. The van der Waals surface area contributed by atoms with Crippen molar-refractivity contribution in [1.29, 1.82) is 0 Å². The van der Waals surface area contributed by atoms with Gasteiger partial charge in [0.05, 0.1) is 12.7 Å². The lowest BCUT2D eigenvalue weighted by molar-refractivity contribution is -0.200. The number of amides is 2. The van der Waals surface area contributed by atoms with Gasteiger partial charge in [-0.25, -0.2) is 4.79 Å². The van der Waals surface area contributed by atoms with Gasteiger partial charge >= 0.3 is 12.2 Å². The Morgan fingerprint density at radius 2 is 1.95 bits per heavy atom. The summed E-state index contributed by atoms with van der Waals surface area (Å²) in [6, 6.07) is -0.722. The lowest BCUT2D eigenvalue weighted by Crippen LogP contribution is -2.61. The van der Waals surface area contributed by atoms with Gasteiger partial charge in [-0.3, -0.25) is 0 Å². The Kier molecular flexibility index (Phi) is 4.91. The summed E-state index contributed by atoms with van der Waals surface area (Å²) in [6.45, 7) is 1.13. The van der Waals surface area contributed by atoms with Crippen LogP contribution >= 0.6 is 0 Å². The van der Waals surface area contributed by atoms with E-state index in [0.29, 0.717) is 25.9 Å². The van der Waals surface area contributed by atoms with Crippen molar-refractivity contribution in [2.75, 3.05) is 26.8 Å². The van der Waals surface area contributed by atoms with E-state index in [0.717, 1.165) is 13.3 Å². The first-order chi connectivity index (χ1) is 10.2. The average molecular weight is 324 g/mol. The van der Waals surface area contributed by atoms with E-state index in [2.05, 4.69) is 10.1 Å². The number of fused-ring (bicyclic) bond motifs is 1. The van der Waals surface area contributed by atoms with Crippen LogP contribution in [0.25, 0.3) is 0 Å². The highest BCUT2D eigenvalue weighted by molar-refractivity contribution is 5.75. The van der Waals surface area contributed by atoms with Gasteiger partial charge in [0.1, 0.15) is 0 Å². The van der Waals surface area contributed by atoms with Gasteiger partial charge in [-0.05, 0) is 38.0 Å². The maximum Gasteiger partial charge on any atom is 0.413 e. The Morgan fingerprint density at radius 1 is 1.32 bits per heavy atom. The summed E-state index contributed by atoms with van der Waals surface area (Å²) in [5.41, 5.74) is -2.41. The second-order valence-electron chi connectivity index (χ2n) is 6.59. The molecule has 2 amide bonds. The van der Waals surface area contributed by atoms with Gasteiger partial charge in [0.2, 0.25) is 0 Å². The molecule has 4 atom stereocenters. The van der Waals surface area contributed by atoms with Crippen LogP contribution in [0.2, 0.25) is 0 Å². The largest absolute Gasteiger partial charge is 0.413 e. The SMILES string of the molecule is COCC(C)(NC(=O)N1C[C@H]2C[C@@H](O)CC[C@H]2C1)C(F)(F)F. The molecule has 1 heterocycles. The van der Waals surface area contributed by atoms with Crippen molar-refractivity contribution in [2.24, 2.45) is 11.8 Å². The van der Waals surface area contributed by atoms with Crippen molar-refractivity contribution in [1.82, 2.24) is 10.2 Å². The Labute approximate surface area is 127 Å². The lowest BCUT2D eigenvalue weighted by atomic mass is 9.80. The zero-order valence-electron chi connectivity index (χ0n) is 12.8. The minimum atomic E-state index is -4.60. The number of likely N-dealkylation sites (tertiary alicyclic amines) is 1. The number of carbonyl (C=O) groups is 1. The predicted octanol–water partition coefficient (Wildman–Crippen LogP) is 1.76. The van der Waals surface area contributed by atoms with Gasteiger partial charge in [-0.15, -0.1) is 0 Å².